The Morgan fingerprint density at radius 1 is 0.488 bits per heavy atom. The fraction of sp³-hybridized carbons (Fsp3) is 0.400. The number of hydrogen-bond acceptors (Lipinski definition) is 6. The van der Waals surface area contributed by atoms with Gasteiger partial charge in [-0.3, -0.25) is 14.4 Å². The second kappa shape index (κ2) is 20.9. The molecule has 0 spiro atoms. The Kier molecular flexibility index (Phi) is 17.9. The molecule has 41 heavy (non-hydrogen) atoms. The van der Waals surface area contributed by atoms with E-state index in [9.17, 15) is 14.4 Å². The van der Waals surface area contributed by atoms with Gasteiger partial charge in [0, 0.05) is 0 Å². The zero-order valence-electron chi connectivity index (χ0n) is 25.4. The summed E-state index contributed by atoms with van der Waals surface area (Å²) in [5.74, 6) is -0.433. The molecule has 222 valence electrons. The van der Waals surface area contributed by atoms with Gasteiger partial charge in [0.15, 0.2) is 0 Å². The van der Waals surface area contributed by atoms with E-state index in [0.717, 1.165) is 29.5 Å². The Balaban J connectivity index is 0.000000308. The SMILES string of the molecule is CC(C)C(=O)OCc1ccccc1.CCC(C)C(=O)OCc1ccccc1.CCC(C)C(=O)OCc1ccccc1. The Morgan fingerprint density at radius 3 is 1.00 bits per heavy atom. The molecule has 0 bridgehead atoms. The Morgan fingerprint density at radius 2 is 0.756 bits per heavy atom. The number of benzene rings is 3. The van der Waals surface area contributed by atoms with Gasteiger partial charge in [-0.1, -0.05) is 133 Å². The molecule has 6 heteroatoms. The highest BCUT2D eigenvalue weighted by molar-refractivity contribution is 5.72. The van der Waals surface area contributed by atoms with Crippen LogP contribution in [0.2, 0.25) is 0 Å². The maximum atomic E-state index is 11.3. The highest BCUT2D eigenvalue weighted by Crippen LogP contribution is 2.08. The third kappa shape index (κ3) is 16.1. The average Bonchev–Trinajstić information content (AvgIpc) is 3.02. The molecule has 0 aliphatic rings. The molecule has 0 radical (unpaired) electrons. The standard InChI is InChI=1S/2C12H16O2.C11H14O2/c2*1-3-10(2)12(13)14-9-11-7-5-4-6-8-11;1-9(2)11(12)13-8-10-6-4-3-5-7-10/h2*4-8,10H,3,9H2,1-2H3;3-7,9H,8H2,1-2H3. The van der Waals surface area contributed by atoms with Crippen LogP contribution in [0.3, 0.4) is 0 Å². The number of rotatable bonds is 11. The fourth-order valence-corrected chi connectivity index (χ4v) is 2.97. The van der Waals surface area contributed by atoms with Crippen molar-refractivity contribution in [2.24, 2.45) is 17.8 Å². The molecule has 0 N–H and O–H groups in total. The Hall–Kier alpha value is -3.93. The molecule has 6 nitrogen and oxygen atoms in total. The highest BCUT2D eigenvalue weighted by Gasteiger charge is 2.12. The van der Waals surface area contributed by atoms with Crippen LogP contribution in [-0.2, 0) is 48.4 Å². The van der Waals surface area contributed by atoms with E-state index in [-0.39, 0.29) is 35.7 Å². The van der Waals surface area contributed by atoms with Crippen LogP contribution in [0.1, 0.15) is 71.1 Å². The molecule has 0 fully saturated rings. The van der Waals surface area contributed by atoms with Crippen LogP contribution in [0.5, 0.6) is 0 Å². The lowest BCUT2D eigenvalue weighted by Gasteiger charge is -2.08. The van der Waals surface area contributed by atoms with Crippen molar-refractivity contribution in [1.82, 2.24) is 0 Å². The largest absolute Gasteiger partial charge is 0.461 e. The normalized spacial score (nSPS) is 11.5. The van der Waals surface area contributed by atoms with Gasteiger partial charge < -0.3 is 14.2 Å². The van der Waals surface area contributed by atoms with E-state index in [1.807, 2.05) is 133 Å². The molecular weight excluding hydrogens is 516 g/mol. The molecular formula is C35H46O6. The Labute approximate surface area is 246 Å². The molecule has 3 rings (SSSR count). The van der Waals surface area contributed by atoms with E-state index >= 15 is 0 Å². The lowest BCUT2D eigenvalue weighted by Crippen LogP contribution is -2.13. The second-order valence-electron chi connectivity index (χ2n) is 10.1. The molecule has 0 saturated heterocycles. The molecule has 3 aromatic carbocycles. The van der Waals surface area contributed by atoms with E-state index in [4.69, 9.17) is 14.2 Å². The molecule has 0 saturated carbocycles. The van der Waals surface area contributed by atoms with Crippen molar-refractivity contribution in [1.29, 1.82) is 0 Å². The van der Waals surface area contributed by atoms with Crippen molar-refractivity contribution >= 4 is 17.9 Å². The first-order valence-corrected chi connectivity index (χ1v) is 14.3. The van der Waals surface area contributed by atoms with Crippen molar-refractivity contribution in [3.8, 4) is 0 Å². The van der Waals surface area contributed by atoms with Crippen molar-refractivity contribution in [2.45, 2.75) is 74.2 Å². The van der Waals surface area contributed by atoms with Crippen LogP contribution >= 0.6 is 0 Å². The summed E-state index contributed by atoms with van der Waals surface area (Å²) in [7, 11) is 0. The predicted octanol–water partition coefficient (Wildman–Crippen LogP) is 7.94. The molecule has 2 unspecified atom stereocenters. The fourth-order valence-electron chi connectivity index (χ4n) is 2.97. The van der Waals surface area contributed by atoms with Gasteiger partial charge in [0.25, 0.3) is 0 Å². The average molecular weight is 563 g/mol. The maximum Gasteiger partial charge on any atom is 0.308 e. The van der Waals surface area contributed by atoms with Crippen LogP contribution in [0.15, 0.2) is 91.0 Å². The lowest BCUT2D eigenvalue weighted by atomic mass is 10.1. The molecule has 0 aromatic heterocycles. The predicted molar refractivity (Wildman–Crippen MR) is 162 cm³/mol. The third-order valence-corrected chi connectivity index (χ3v) is 6.17. The molecule has 2 atom stereocenters. The summed E-state index contributed by atoms with van der Waals surface area (Å²) in [6.07, 6.45) is 1.65. The number of carbonyl (C=O) groups is 3. The first kappa shape index (κ1) is 35.1. The second-order valence-corrected chi connectivity index (χ2v) is 10.1. The molecule has 0 aliphatic heterocycles. The summed E-state index contributed by atoms with van der Waals surface area (Å²) < 4.78 is 15.3. The summed E-state index contributed by atoms with van der Waals surface area (Å²) in [4.78, 5) is 33.7. The molecule has 0 aliphatic carbocycles. The van der Waals surface area contributed by atoms with Crippen LogP contribution in [-0.4, -0.2) is 17.9 Å². The first-order chi connectivity index (χ1) is 19.7. The summed E-state index contributed by atoms with van der Waals surface area (Å²) in [6, 6.07) is 29.1. The van der Waals surface area contributed by atoms with Crippen molar-refractivity contribution in [3.63, 3.8) is 0 Å². The number of ether oxygens (including phenoxy) is 3. The van der Waals surface area contributed by atoms with Crippen LogP contribution < -0.4 is 0 Å². The monoisotopic (exact) mass is 562 g/mol. The van der Waals surface area contributed by atoms with Gasteiger partial charge in [0.05, 0.1) is 17.8 Å². The van der Waals surface area contributed by atoms with E-state index in [2.05, 4.69) is 0 Å². The third-order valence-electron chi connectivity index (χ3n) is 6.17. The van der Waals surface area contributed by atoms with Gasteiger partial charge in [0.2, 0.25) is 0 Å². The zero-order chi connectivity index (χ0) is 30.5. The summed E-state index contributed by atoms with van der Waals surface area (Å²) in [5, 5.41) is 0. The van der Waals surface area contributed by atoms with Gasteiger partial charge in [-0.2, -0.15) is 0 Å². The lowest BCUT2D eigenvalue weighted by molar-refractivity contribution is -0.150. The summed E-state index contributed by atoms with van der Waals surface area (Å²) in [6.45, 7) is 12.5. The number of hydrogen-bond donors (Lipinski definition) is 0. The van der Waals surface area contributed by atoms with E-state index in [0.29, 0.717) is 19.8 Å². The number of esters is 3. The van der Waals surface area contributed by atoms with Crippen molar-refractivity contribution < 1.29 is 28.6 Å². The summed E-state index contributed by atoms with van der Waals surface area (Å²) in [5.41, 5.74) is 3.09. The van der Waals surface area contributed by atoms with Gasteiger partial charge in [-0.25, -0.2) is 0 Å². The van der Waals surface area contributed by atoms with Crippen LogP contribution in [0, 0.1) is 17.8 Å². The number of carbonyl (C=O) groups excluding carboxylic acids is 3. The van der Waals surface area contributed by atoms with E-state index in [1.54, 1.807) is 0 Å². The summed E-state index contributed by atoms with van der Waals surface area (Å²) >= 11 is 0. The highest BCUT2D eigenvalue weighted by atomic mass is 16.5. The van der Waals surface area contributed by atoms with Gasteiger partial charge in [-0.15, -0.1) is 0 Å². The van der Waals surface area contributed by atoms with Crippen LogP contribution in [0.4, 0.5) is 0 Å². The van der Waals surface area contributed by atoms with E-state index in [1.165, 1.54) is 0 Å². The molecule has 0 heterocycles. The first-order valence-electron chi connectivity index (χ1n) is 14.3. The van der Waals surface area contributed by atoms with Crippen molar-refractivity contribution in [2.75, 3.05) is 0 Å². The zero-order valence-corrected chi connectivity index (χ0v) is 25.4. The van der Waals surface area contributed by atoms with Crippen molar-refractivity contribution in [3.05, 3.63) is 108 Å². The Bertz CT molecular complexity index is 1050. The minimum absolute atomic E-state index is 0.00119. The topological polar surface area (TPSA) is 78.9 Å². The quantitative estimate of drug-likeness (QED) is 0.174. The van der Waals surface area contributed by atoms with Gasteiger partial charge in [-0.05, 0) is 29.5 Å². The van der Waals surface area contributed by atoms with Gasteiger partial charge in [0.1, 0.15) is 19.8 Å². The van der Waals surface area contributed by atoms with E-state index < -0.39 is 0 Å². The minimum atomic E-state index is -0.149. The molecule has 0 amide bonds. The van der Waals surface area contributed by atoms with Crippen LogP contribution in [0.25, 0.3) is 0 Å². The van der Waals surface area contributed by atoms with Gasteiger partial charge >= 0.3 is 17.9 Å². The molecule has 3 aromatic rings. The minimum Gasteiger partial charge on any atom is -0.461 e. The smallest absolute Gasteiger partial charge is 0.308 e. The maximum absolute atomic E-state index is 11.3.